The zero-order chi connectivity index (χ0) is 29.4. The fraction of sp³-hybridized carbons (Fsp3) is 0.581. The van der Waals surface area contributed by atoms with Crippen molar-refractivity contribution in [2.45, 2.75) is 73.0 Å². The molecule has 4 rings (SSSR count). The van der Waals surface area contributed by atoms with Crippen LogP contribution in [0, 0.1) is 11.8 Å². The molecule has 1 spiro atoms. The topological polar surface area (TPSA) is 81.2 Å². The van der Waals surface area contributed by atoms with E-state index in [1.54, 1.807) is 38.6 Å². The number of nitrogens with zero attached hydrogens (tertiary/aromatic N) is 3. The third-order valence-corrected chi connectivity index (χ3v) is 11.7. The number of amides is 3. The summed E-state index contributed by atoms with van der Waals surface area (Å²) in [6, 6.07) is 7.82. The Morgan fingerprint density at radius 1 is 1.20 bits per heavy atom. The Hall–Kier alpha value is -2.10. The van der Waals surface area contributed by atoms with E-state index in [4.69, 9.17) is 0 Å². The number of carbonyl (C=O) groups is 3. The van der Waals surface area contributed by atoms with E-state index < -0.39 is 34.2 Å². The van der Waals surface area contributed by atoms with E-state index in [1.165, 1.54) is 0 Å². The Bertz CT molecular complexity index is 1140. The van der Waals surface area contributed by atoms with Crippen LogP contribution in [-0.4, -0.2) is 90.2 Å². The standard InChI is InChI=1S/C31H42BrN3O4S/c1-7-15-33(16-8-2)27(37)23-24-28(38)35(22(19-36)20-13-11-10-12-14-20)26(31(24)18-21(32)25(23)40-31)29(39)34(17-9-3)30(4,5)6/h7,9-14,21-26,36H,1,3,8,15-19H2,2,4-6H3/t21?,22-,23+,24+,25+,26?,31?/m1/s1. The molecule has 9 heteroatoms. The zero-order valence-corrected chi connectivity index (χ0v) is 26.4. The first-order chi connectivity index (χ1) is 19.0. The first-order valence-corrected chi connectivity index (χ1v) is 15.9. The van der Waals surface area contributed by atoms with E-state index in [1.807, 2.05) is 58.0 Å². The number of aliphatic hydroxyl groups excluding tert-OH is 1. The van der Waals surface area contributed by atoms with Crippen LogP contribution in [0.25, 0.3) is 0 Å². The van der Waals surface area contributed by atoms with Gasteiger partial charge in [-0.1, -0.05) is 65.3 Å². The predicted octanol–water partition coefficient (Wildman–Crippen LogP) is 4.42. The van der Waals surface area contributed by atoms with Gasteiger partial charge in [0.05, 0.1) is 29.2 Å². The van der Waals surface area contributed by atoms with Crippen molar-refractivity contribution in [2.24, 2.45) is 11.8 Å². The molecule has 3 fully saturated rings. The van der Waals surface area contributed by atoms with Gasteiger partial charge >= 0.3 is 0 Å². The number of rotatable bonds is 11. The number of aliphatic hydroxyl groups is 1. The normalized spacial score (nSPS) is 29.7. The molecule has 7 atom stereocenters. The van der Waals surface area contributed by atoms with Gasteiger partial charge in [0.1, 0.15) is 6.04 Å². The number of benzene rings is 1. The molecule has 0 saturated carbocycles. The lowest BCUT2D eigenvalue weighted by Gasteiger charge is -2.43. The minimum atomic E-state index is -0.839. The molecule has 2 bridgehead atoms. The average molecular weight is 633 g/mol. The van der Waals surface area contributed by atoms with Crippen molar-refractivity contribution >= 4 is 45.4 Å². The lowest BCUT2D eigenvalue weighted by molar-refractivity contribution is -0.149. The quantitative estimate of drug-likeness (QED) is 0.289. The summed E-state index contributed by atoms with van der Waals surface area (Å²) in [5.41, 5.74) is 0.234. The third-order valence-electron chi connectivity index (χ3n) is 8.48. The number of hydrogen-bond acceptors (Lipinski definition) is 5. The van der Waals surface area contributed by atoms with Crippen LogP contribution in [0.4, 0.5) is 0 Å². The second-order valence-electron chi connectivity index (χ2n) is 12.0. The van der Waals surface area contributed by atoms with E-state index in [2.05, 4.69) is 29.1 Å². The number of likely N-dealkylation sites (tertiary alicyclic amines) is 1. The summed E-state index contributed by atoms with van der Waals surface area (Å²) in [5, 5.41) is 10.6. The Kier molecular flexibility index (Phi) is 9.27. The van der Waals surface area contributed by atoms with Gasteiger partial charge in [-0.15, -0.1) is 24.9 Å². The van der Waals surface area contributed by atoms with Crippen LogP contribution in [0.2, 0.25) is 0 Å². The summed E-state index contributed by atoms with van der Waals surface area (Å²) >= 11 is 5.48. The van der Waals surface area contributed by atoms with E-state index in [0.29, 0.717) is 26.1 Å². The highest BCUT2D eigenvalue weighted by atomic mass is 79.9. The van der Waals surface area contributed by atoms with Crippen LogP contribution >= 0.6 is 27.7 Å². The molecular weight excluding hydrogens is 590 g/mol. The molecule has 1 N–H and O–H groups in total. The van der Waals surface area contributed by atoms with Gasteiger partial charge in [-0.2, -0.15) is 0 Å². The second-order valence-corrected chi connectivity index (χ2v) is 14.7. The smallest absolute Gasteiger partial charge is 0.247 e. The van der Waals surface area contributed by atoms with Crippen molar-refractivity contribution in [3.8, 4) is 0 Å². The lowest BCUT2D eigenvalue weighted by Crippen LogP contribution is -2.59. The molecule has 1 aromatic rings. The molecule has 3 aliphatic heterocycles. The van der Waals surface area contributed by atoms with Gasteiger partial charge in [0, 0.05) is 35.3 Å². The first-order valence-electron chi connectivity index (χ1n) is 14.1. The summed E-state index contributed by atoms with van der Waals surface area (Å²) in [6.07, 6.45) is 4.81. The molecule has 40 heavy (non-hydrogen) atoms. The van der Waals surface area contributed by atoms with E-state index in [-0.39, 0.29) is 34.4 Å². The Morgan fingerprint density at radius 2 is 1.85 bits per heavy atom. The van der Waals surface area contributed by atoms with Crippen molar-refractivity contribution < 1.29 is 19.5 Å². The number of hydrogen-bond donors (Lipinski definition) is 1. The van der Waals surface area contributed by atoms with Gasteiger partial charge in [-0.25, -0.2) is 0 Å². The fourth-order valence-electron chi connectivity index (χ4n) is 6.89. The SMILES string of the molecule is C=CCN(CCC)C(=O)[C@H]1[C@H]2C(=O)N([C@H](CO)c3ccccc3)C(C(=O)N(CC=C)C(C)(C)C)C23CC(Br)[C@@H]1S3. The average Bonchev–Trinajstić information content (AvgIpc) is 3.50. The molecule has 0 aromatic heterocycles. The molecule has 3 saturated heterocycles. The summed E-state index contributed by atoms with van der Waals surface area (Å²) in [4.78, 5) is 48.7. The lowest BCUT2D eigenvalue weighted by atomic mass is 9.70. The molecule has 3 heterocycles. The van der Waals surface area contributed by atoms with Crippen LogP contribution < -0.4 is 0 Å². The number of alkyl halides is 1. The van der Waals surface area contributed by atoms with Gasteiger partial charge < -0.3 is 19.8 Å². The number of thioether (sulfide) groups is 1. The molecule has 218 valence electrons. The van der Waals surface area contributed by atoms with Crippen LogP contribution in [0.3, 0.4) is 0 Å². The Labute approximate surface area is 251 Å². The summed E-state index contributed by atoms with van der Waals surface area (Å²) in [5.74, 6) is -1.69. The molecule has 0 radical (unpaired) electrons. The maximum Gasteiger partial charge on any atom is 0.247 e. The Balaban J connectivity index is 1.88. The van der Waals surface area contributed by atoms with Gasteiger partial charge in [-0.3, -0.25) is 14.4 Å². The van der Waals surface area contributed by atoms with Gasteiger partial charge in [0.2, 0.25) is 17.7 Å². The molecule has 3 amide bonds. The van der Waals surface area contributed by atoms with Crippen molar-refractivity contribution in [3.05, 3.63) is 61.2 Å². The number of carbonyl (C=O) groups excluding carboxylic acids is 3. The highest BCUT2D eigenvalue weighted by Crippen LogP contribution is 2.68. The Morgan fingerprint density at radius 3 is 2.40 bits per heavy atom. The molecule has 3 aliphatic rings. The largest absolute Gasteiger partial charge is 0.394 e. The minimum Gasteiger partial charge on any atom is -0.394 e. The van der Waals surface area contributed by atoms with Crippen molar-refractivity contribution in [2.75, 3.05) is 26.2 Å². The van der Waals surface area contributed by atoms with Gasteiger partial charge in [0.15, 0.2) is 0 Å². The van der Waals surface area contributed by atoms with Crippen molar-refractivity contribution in [1.29, 1.82) is 0 Å². The van der Waals surface area contributed by atoms with Gasteiger partial charge in [-0.05, 0) is 39.2 Å². The monoisotopic (exact) mass is 631 g/mol. The molecule has 3 unspecified atom stereocenters. The third kappa shape index (κ3) is 5.07. The predicted molar refractivity (Wildman–Crippen MR) is 164 cm³/mol. The molecule has 0 aliphatic carbocycles. The summed E-state index contributed by atoms with van der Waals surface area (Å²) < 4.78 is -0.799. The second kappa shape index (κ2) is 12.0. The highest BCUT2D eigenvalue weighted by Gasteiger charge is 2.76. The summed E-state index contributed by atoms with van der Waals surface area (Å²) in [7, 11) is 0. The maximum absolute atomic E-state index is 14.7. The number of halogens is 1. The highest BCUT2D eigenvalue weighted by molar-refractivity contribution is 9.09. The van der Waals surface area contributed by atoms with Crippen molar-refractivity contribution in [3.63, 3.8) is 0 Å². The summed E-state index contributed by atoms with van der Waals surface area (Å²) in [6.45, 7) is 16.7. The van der Waals surface area contributed by atoms with Crippen molar-refractivity contribution in [1.82, 2.24) is 14.7 Å². The fourth-order valence-corrected chi connectivity index (χ4v) is 10.5. The van der Waals surface area contributed by atoms with E-state index in [0.717, 1.165) is 12.0 Å². The maximum atomic E-state index is 14.7. The minimum absolute atomic E-state index is 0.0234. The van der Waals surface area contributed by atoms with Crippen LogP contribution in [0.1, 0.15) is 52.1 Å². The molecule has 7 nitrogen and oxygen atoms in total. The zero-order valence-electron chi connectivity index (χ0n) is 24.0. The molecular formula is C31H42BrN3O4S. The van der Waals surface area contributed by atoms with E-state index >= 15 is 0 Å². The van der Waals surface area contributed by atoms with Crippen LogP contribution in [0.15, 0.2) is 55.6 Å². The van der Waals surface area contributed by atoms with Crippen LogP contribution in [0.5, 0.6) is 0 Å². The first kappa shape index (κ1) is 30.8. The number of fused-ring (bicyclic) bond motifs is 1. The van der Waals surface area contributed by atoms with E-state index in [9.17, 15) is 19.5 Å². The molecule has 1 aromatic carbocycles. The van der Waals surface area contributed by atoms with Crippen LogP contribution in [-0.2, 0) is 14.4 Å². The van der Waals surface area contributed by atoms with Gasteiger partial charge in [0.25, 0.3) is 0 Å².